The number of halogens is 4. The molecule has 0 atom stereocenters. The van der Waals surface area contributed by atoms with Gasteiger partial charge in [0.2, 0.25) is 5.71 Å². The van der Waals surface area contributed by atoms with Crippen molar-refractivity contribution in [3.8, 4) is 28.3 Å². The van der Waals surface area contributed by atoms with Crippen LogP contribution < -0.4 is 4.40 Å². The minimum absolute atomic E-state index is 0. The van der Waals surface area contributed by atoms with Gasteiger partial charge in [-0.15, -0.1) is 18.2 Å². The third-order valence-corrected chi connectivity index (χ3v) is 15.7. The maximum Gasteiger partial charge on any atom is 0 e. The number of aryl methyl sites for hydroxylation is 1. The van der Waals surface area contributed by atoms with Crippen LogP contribution in [0.15, 0.2) is 108 Å². The standard InChI is InChI=1S/C35H27F3N3O.C18H23FGeN.Ir/c1-19(2)22-11-7-12-23(20(3)4)30(22)41-31-24-10-6-5-9-21(24)15-17-28(31)39-33(41)27-14-8-13-25-26-16-18-29(35(36,37)38)40-34(26)42-32(25)27;1-12(2)15-10-17(21-11-16(15)20(4,5)6)14-9-7-8-13(3)18(14)19;/h5-13,15-20H,1-4H3;7-8,10-12H,1-6H3;/q2*-1;/i;3D3;. The van der Waals surface area contributed by atoms with E-state index in [1.54, 1.807) is 12.1 Å². The zero-order valence-corrected chi connectivity index (χ0v) is 41.6. The van der Waals surface area contributed by atoms with Gasteiger partial charge in [-0.25, -0.2) is 4.98 Å². The molecule has 331 valence electrons. The van der Waals surface area contributed by atoms with E-state index in [9.17, 15) is 17.6 Å². The molecule has 0 spiro atoms. The first-order valence-corrected chi connectivity index (χ1v) is 28.5. The topological polar surface area (TPSA) is 56.7 Å². The van der Waals surface area contributed by atoms with Crippen LogP contribution in [0.2, 0.25) is 17.3 Å². The van der Waals surface area contributed by atoms with Crippen LogP contribution >= 0.6 is 0 Å². The number of rotatable bonds is 7. The first kappa shape index (κ1) is 42.8. The molecule has 0 saturated heterocycles. The molecule has 0 aliphatic heterocycles. The van der Waals surface area contributed by atoms with Gasteiger partial charge in [-0.05, 0) is 46.5 Å². The van der Waals surface area contributed by atoms with Crippen LogP contribution in [0.4, 0.5) is 17.6 Å². The van der Waals surface area contributed by atoms with Crippen molar-refractivity contribution in [1.82, 2.24) is 19.5 Å². The Kier molecular flexibility index (Phi) is 12.0. The maximum absolute atomic E-state index is 14.7. The zero-order chi connectivity index (χ0) is 47.6. The van der Waals surface area contributed by atoms with Crippen LogP contribution in [-0.4, -0.2) is 32.8 Å². The summed E-state index contributed by atoms with van der Waals surface area (Å²) in [5.41, 5.74) is 6.48. The van der Waals surface area contributed by atoms with Gasteiger partial charge < -0.3 is 8.98 Å². The Morgan fingerprint density at radius 2 is 1.41 bits per heavy atom. The van der Waals surface area contributed by atoms with Crippen molar-refractivity contribution in [3.63, 3.8) is 0 Å². The molecule has 0 saturated carbocycles. The smallest absolute Gasteiger partial charge is 0 e. The van der Waals surface area contributed by atoms with Crippen LogP contribution in [0.3, 0.4) is 0 Å². The first-order chi connectivity index (χ1) is 31.1. The van der Waals surface area contributed by atoms with Gasteiger partial charge in [0.05, 0.1) is 22.4 Å². The average molecular weight is 1100 g/mol. The number of furan rings is 1. The molecule has 0 N–H and O–H groups in total. The summed E-state index contributed by atoms with van der Waals surface area (Å²) in [7, 11) is 0. The van der Waals surface area contributed by atoms with Gasteiger partial charge in [-0.3, -0.25) is 4.98 Å². The van der Waals surface area contributed by atoms with Crippen molar-refractivity contribution in [2.24, 2.45) is 0 Å². The molecule has 64 heavy (non-hydrogen) atoms. The van der Waals surface area contributed by atoms with E-state index < -0.39 is 37.8 Å². The van der Waals surface area contributed by atoms with E-state index in [0.717, 1.165) is 33.6 Å². The molecular weight excluding hydrogens is 1050 g/mol. The van der Waals surface area contributed by atoms with Crippen molar-refractivity contribution in [3.05, 3.63) is 149 Å². The van der Waals surface area contributed by atoms with Crippen LogP contribution in [0.25, 0.3) is 72.2 Å². The van der Waals surface area contributed by atoms with Gasteiger partial charge in [0.15, 0.2) is 0 Å². The van der Waals surface area contributed by atoms with Crippen LogP contribution in [0, 0.1) is 24.8 Å². The number of imidazole rings is 1. The van der Waals surface area contributed by atoms with Gasteiger partial charge in [0.1, 0.15) is 5.69 Å². The number of aromatic nitrogens is 4. The number of benzene rings is 5. The third-order valence-electron chi connectivity index (χ3n) is 11.5. The van der Waals surface area contributed by atoms with Crippen molar-refractivity contribution in [1.29, 1.82) is 0 Å². The number of hydrogen-bond donors (Lipinski definition) is 0. The van der Waals surface area contributed by atoms with E-state index in [-0.39, 0.29) is 48.8 Å². The molecule has 0 fully saturated rings. The molecule has 4 aromatic heterocycles. The molecular formula is C53H50F4GeIrN4O-2. The average Bonchev–Trinajstić information content (AvgIpc) is 3.84. The van der Waals surface area contributed by atoms with E-state index in [4.69, 9.17) is 13.5 Å². The molecule has 5 nitrogen and oxygen atoms in total. The van der Waals surface area contributed by atoms with Gasteiger partial charge in [0.25, 0.3) is 0 Å². The summed E-state index contributed by atoms with van der Waals surface area (Å²) >= 11 is -2.10. The largest absolute Gasteiger partial charge is 0 e. The number of para-hydroxylation sites is 1. The van der Waals surface area contributed by atoms with Crippen molar-refractivity contribution in [2.75, 3.05) is 0 Å². The zero-order valence-electron chi connectivity index (χ0n) is 40.1. The number of pyridine rings is 2. The van der Waals surface area contributed by atoms with E-state index >= 15 is 0 Å². The fraction of sp³-hybridized carbons (Fsp3) is 0.264. The van der Waals surface area contributed by atoms with E-state index in [2.05, 4.69) is 122 Å². The van der Waals surface area contributed by atoms with Gasteiger partial charge in [0, 0.05) is 36.6 Å². The van der Waals surface area contributed by atoms with E-state index in [1.807, 2.05) is 30.5 Å². The Hall–Kier alpha value is -5.16. The molecule has 0 unspecified atom stereocenters. The molecule has 0 bridgehead atoms. The molecule has 0 amide bonds. The van der Waals surface area contributed by atoms with Crippen molar-refractivity contribution >= 4 is 61.5 Å². The molecule has 5 aromatic carbocycles. The number of fused-ring (bicyclic) bond motifs is 6. The quantitative estimate of drug-likeness (QED) is 0.0907. The second-order valence-corrected chi connectivity index (χ2v) is 28.5. The Bertz CT molecular complexity index is 3270. The Morgan fingerprint density at radius 1 is 0.734 bits per heavy atom. The SMILES string of the molecule is CC(C)c1cccc(C(C)C)c1-n1c(-c2[c-]ccc3c2oc2nc(C(F)(F)F)ccc23)nc2ccc3ccccc3c21.[2H]C([2H])([2H])c1cc[c-]c(-c2cc(C(C)C)[c]([Ge]([CH3])([CH3])[CH3])cn2)c1F.[Ir]. The summed E-state index contributed by atoms with van der Waals surface area (Å²) in [5, 5.41) is 3.30. The van der Waals surface area contributed by atoms with Gasteiger partial charge in [-0.2, -0.15) is 13.2 Å². The predicted molar refractivity (Wildman–Crippen MR) is 251 cm³/mol. The minimum Gasteiger partial charge on any atom is 0 e. The molecule has 4 heterocycles. The summed E-state index contributed by atoms with van der Waals surface area (Å²) in [6.45, 7) is 10.4. The summed E-state index contributed by atoms with van der Waals surface area (Å²) < 4.78 is 87.2. The number of hydrogen-bond acceptors (Lipinski definition) is 4. The fourth-order valence-electron chi connectivity index (χ4n) is 8.32. The Balaban J connectivity index is 0.000000228. The Morgan fingerprint density at radius 3 is 2.06 bits per heavy atom. The Labute approximate surface area is 392 Å². The second kappa shape index (κ2) is 18.0. The van der Waals surface area contributed by atoms with Gasteiger partial charge in [-0.1, -0.05) is 87.2 Å². The summed E-state index contributed by atoms with van der Waals surface area (Å²) in [6.07, 6.45) is -2.73. The maximum atomic E-state index is 14.7. The number of nitrogens with zero attached hydrogens (tertiary/aromatic N) is 4. The van der Waals surface area contributed by atoms with Crippen LogP contribution in [0.5, 0.6) is 0 Å². The molecule has 11 heteroatoms. The number of alkyl halides is 3. The van der Waals surface area contributed by atoms with E-state index in [1.165, 1.54) is 39.3 Å². The van der Waals surface area contributed by atoms with Crippen LogP contribution in [0.1, 0.15) is 91.4 Å². The molecule has 9 rings (SSSR count). The summed E-state index contributed by atoms with van der Waals surface area (Å²) in [5.74, 6) is 7.46. The summed E-state index contributed by atoms with van der Waals surface area (Å²) in [4.78, 5) is 13.4. The normalized spacial score (nSPS) is 13.1. The summed E-state index contributed by atoms with van der Waals surface area (Å²) in [6, 6.07) is 35.4. The fourth-order valence-corrected chi connectivity index (χ4v) is 11.8. The van der Waals surface area contributed by atoms with Gasteiger partial charge >= 0.3 is 140 Å². The molecule has 1 radical (unpaired) electrons. The monoisotopic (exact) mass is 1100 g/mol. The first-order valence-electron chi connectivity index (χ1n) is 22.6. The van der Waals surface area contributed by atoms with Crippen LogP contribution in [-0.2, 0) is 26.3 Å². The third kappa shape index (κ3) is 8.69. The minimum atomic E-state index is -4.58. The molecule has 0 aliphatic rings. The molecule has 0 aliphatic carbocycles. The predicted octanol–water partition coefficient (Wildman–Crippen LogP) is 14.9. The van der Waals surface area contributed by atoms with Crippen molar-refractivity contribution in [2.45, 2.75) is 89.6 Å². The molecule has 9 aromatic rings. The van der Waals surface area contributed by atoms with Crippen molar-refractivity contribution < 1.29 is 46.2 Å². The van der Waals surface area contributed by atoms with E-state index in [0.29, 0.717) is 39.4 Å². The second-order valence-electron chi connectivity index (χ2n) is 17.9.